The Hall–Kier alpha value is -1.09. The van der Waals surface area contributed by atoms with E-state index in [1.54, 1.807) is 6.08 Å². The number of carbonyl (C=O) groups is 1. The van der Waals surface area contributed by atoms with E-state index in [1.165, 1.54) is 5.57 Å². The third kappa shape index (κ3) is 1.91. The van der Waals surface area contributed by atoms with Gasteiger partial charge in [-0.15, -0.1) is 0 Å². The van der Waals surface area contributed by atoms with Gasteiger partial charge in [0.1, 0.15) is 0 Å². The summed E-state index contributed by atoms with van der Waals surface area (Å²) >= 11 is 0. The number of ketones is 1. The fraction of sp³-hybridized carbons (Fsp3) is 0.762. The Morgan fingerprint density at radius 2 is 1.83 bits per heavy atom. The average Bonchev–Trinajstić information content (AvgIpc) is 2.77. The summed E-state index contributed by atoms with van der Waals surface area (Å²) in [5.41, 5.74) is 1.35. The van der Waals surface area contributed by atoms with Gasteiger partial charge >= 0.3 is 0 Å². The zero-order valence-electron chi connectivity index (χ0n) is 15.1. The zero-order valence-corrected chi connectivity index (χ0v) is 15.1. The molecular formula is C21H30O3. The van der Waals surface area contributed by atoms with Crippen LogP contribution in [0.15, 0.2) is 23.5 Å². The van der Waals surface area contributed by atoms with E-state index in [4.69, 9.17) is 0 Å². The number of aliphatic hydroxyl groups is 2. The SMILES string of the molecule is C[C@]12C/C(=C\O)C(=O)C=C1CC[C@@H]1[C@@H]2CC[C@@]2(C)[C@H]1CC[C@]2(C)O. The first-order valence-electron chi connectivity index (χ1n) is 9.54. The summed E-state index contributed by atoms with van der Waals surface area (Å²) in [5, 5.41) is 20.4. The van der Waals surface area contributed by atoms with E-state index in [1.807, 2.05) is 6.92 Å². The summed E-state index contributed by atoms with van der Waals surface area (Å²) in [6.45, 7) is 6.65. The second-order valence-corrected chi connectivity index (χ2v) is 9.47. The van der Waals surface area contributed by atoms with Crippen LogP contribution >= 0.6 is 0 Å². The van der Waals surface area contributed by atoms with Gasteiger partial charge in [0, 0.05) is 5.57 Å². The molecule has 4 aliphatic rings. The maximum Gasteiger partial charge on any atom is 0.184 e. The van der Waals surface area contributed by atoms with E-state index >= 15 is 0 Å². The number of fused-ring (bicyclic) bond motifs is 5. The number of rotatable bonds is 0. The second kappa shape index (κ2) is 4.97. The molecule has 0 aliphatic heterocycles. The number of carbonyl (C=O) groups excluding carboxylic acids is 1. The Morgan fingerprint density at radius 3 is 2.54 bits per heavy atom. The van der Waals surface area contributed by atoms with E-state index < -0.39 is 5.60 Å². The molecule has 0 radical (unpaired) electrons. The smallest absolute Gasteiger partial charge is 0.184 e. The summed E-state index contributed by atoms with van der Waals surface area (Å²) < 4.78 is 0. The van der Waals surface area contributed by atoms with Gasteiger partial charge in [-0.25, -0.2) is 0 Å². The Kier molecular flexibility index (Phi) is 3.39. The van der Waals surface area contributed by atoms with Gasteiger partial charge in [-0.2, -0.15) is 0 Å². The summed E-state index contributed by atoms with van der Waals surface area (Å²) in [4.78, 5) is 12.2. The highest BCUT2D eigenvalue weighted by molar-refractivity contribution is 6.05. The van der Waals surface area contributed by atoms with Crippen LogP contribution in [0, 0.1) is 28.6 Å². The van der Waals surface area contributed by atoms with Crippen LogP contribution in [0.5, 0.6) is 0 Å². The molecule has 0 spiro atoms. The maximum atomic E-state index is 12.2. The van der Waals surface area contributed by atoms with Crippen LogP contribution in [0.3, 0.4) is 0 Å². The lowest BCUT2D eigenvalue weighted by atomic mass is 9.46. The van der Waals surface area contributed by atoms with Crippen molar-refractivity contribution in [2.24, 2.45) is 28.6 Å². The molecule has 3 heteroatoms. The van der Waals surface area contributed by atoms with Gasteiger partial charge in [0.25, 0.3) is 0 Å². The number of aliphatic hydroxyl groups excluding tert-OH is 1. The Labute approximate surface area is 144 Å². The van der Waals surface area contributed by atoms with Gasteiger partial charge < -0.3 is 10.2 Å². The van der Waals surface area contributed by atoms with Crippen molar-refractivity contribution in [3.8, 4) is 0 Å². The van der Waals surface area contributed by atoms with Crippen molar-refractivity contribution >= 4 is 5.78 Å². The molecule has 2 N–H and O–H groups in total. The minimum absolute atomic E-state index is 0.00116. The van der Waals surface area contributed by atoms with E-state index in [-0.39, 0.29) is 16.6 Å². The summed E-state index contributed by atoms with van der Waals surface area (Å²) in [7, 11) is 0. The molecule has 0 aromatic rings. The summed E-state index contributed by atoms with van der Waals surface area (Å²) in [5.74, 6) is 1.78. The molecule has 6 atom stereocenters. The van der Waals surface area contributed by atoms with Crippen LogP contribution in [0.4, 0.5) is 0 Å². The first-order chi connectivity index (χ1) is 11.2. The normalized spacial score (nSPS) is 52.5. The molecule has 4 aliphatic carbocycles. The Balaban J connectivity index is 1.72. The Bertz CT molecular complexity index is 643. The standard InChI is InChI=1S/C21H30O3/c1-19-11-13(12-22)18(23)10-14(19)4-5-15-16(19)6-8-20(2)17(15)7-9-21(20,3)24/h10,12,15-17,22,24H,4-9,11H2,1-3H3/b13-12+/t15-,16+,17+,19+,20+,21+/m1/s1. The first kappa shape index (κ1) is 16.4. The molecule has 4 rings (SSSR count). The zero-order chi connectivity index (χ0) is 17.3. The number of hydrogen-bond donors (Lipinski definition) is 2. The maximum absolute atomic E-state index is 12.2. The molecular weight excluding hydrogens is 300 g/mol. The van der Waals surface area contributed by atoms with Gasteiger partial charge in [0.2, 0.25) is 0 Å². The molecule has 0 bridgehead atoms. The fourth-order valence-corrected chi connectivity index (χ4v) is 6.90. The quantitative estimate of drug-likeness (QED) is 0.514. The van der Waals surface area contributed by atoms with Crippen LogP contribution in [0.1, 0.15) is 65.7 Å². The molecule has 0 aromatic heterocycles. The van der Waals surface area contributed by atoms with Gasteiger partial charge in [-0.05, 0) is 86.5 Å². The monoisotopic (exact) mass is 330 g/mol. The molecule has 3 saturated carbocycles. The lowest BCUT2D eigenvalue weighted by molar-refractivity contribution is -0.120. The van der Waals surface area contributed by atoms with E-state index in [0.29, 0.717) is 29.7 Å². The van der Waals surface area contributed by atoms with Crippen molar-refractivity contribution < 1.29 is 15.0 Å². The Morgan fingerprint density at radius 1 is 1.12 bits per heavy atom. The summed E-state index contributed by atoms with van der Waals surface area (Å²) in [6, 6.07) is 0. The van der Waals surface area contributed by atoms with Crippen molar-refractivity contribution in [3.63, 3.8) is 0 Å². The first-order valence-corrected chi connectivity index (χ1v) is 9.54. The molecule has 132 valence electrons. The molecule has 3 nitrogen and oxygen atoms in total. The third-order valence-electron chi connectivity index (χ3n) is 8.63. The largest absolute Gasteiger partial charge is 0.515 e. The highest BCUT2D eigenvalue weighted by Gasteiger charge is 2.62. The van der Waals surface area contributed by atoms with Gasteiger partial charge in [0.15, 0.2) is 5.78 Å². The highest BCUT2D eigenvalue weighted by Crippen LogP contribution is 2.67. The average molecular weight is 330 g/mol. The third-order valence-corrected chi connectivity index (χ3v) is 8.63. The van der Waals surface area contributed by atoms with Crippen LogP contribution in [-0.2, 0) is 4.79 Å². The highest BCUT2D eigenvalue weighted by atomic mass is 16.3. The van der Waals surface area contributed by atoms with Crippen LogP contribution < -0.4 is 0 Å². The van der Waals surface area contributed by atoms with Gasteiger partial charge in [0.05, 0.1) is 11.9 Å². The molecule has 0 heterocycles. The lowest BCUT2D eigenvalue weighted by Gasteiger charge is -2.59. The van der Waals surface area contributed by atoms with Crippen molar-refractivity contribution in [2.45, 2.75) is 71.3 Å². The predicted molar refractivity (Wildman–Crippen MR) is 93.4 cm³/mol. The van der Waals surface area contributed by atoms with Crippen molar-refractivity contribution in [2.75, 3.05) is 0 Å². The molecule has 0 aromatic carbocycles. The van der Waals surface area contributed by atoms with Crippen LogP contribution in [0.2, 0.25) is 0 Å². The van der Waals surface area contributed by atoms with E-state index in [9.17, 15) is 15.0 Å². The van der Waals surface area contributed by atoms with E-state index in [2.05, 4.69) is 13.8 Å². The predicted octanol–water partition coefficient (Wildman–Crippen LogP) is 4.32. The van der Waals surface area contributed by atoms with Crippen LogP contribution in [-0.4, -0.2) is 21.6 Å². The molecule has 24 heavy (non-hydrogen) atoms. The van der Waals surface area contributed by atoms with Gasteiger partial charge in [-0.1, -0.05) is 19.4 Å². The van der Waals surface area contributed by atoms with E-state index in [0.717, 1.165) is 44.8 Å². The second-order valence-electron chi connectivity index (χ2n) is 9.47. The number of hydrogen-bond acceptors (Lipinski definition) is 3. The molecule has 0 saturated heterocycles. The van der Waals surface area contributed by atoms with Crippen LogP contribution in [0.25, 0.3) is 0 Å². The van der Waals surface area contributed by atoms with Crippen molar-refractivity contribution in [1.82, 2.24) is 0 Å². The molecule has 0 amide bonds. The molecule has 3 fully saturated rings. The minimum atomic E-state index is -0.543. The topological polar surface area (TPSA) is 57.5 Å². The van der Waals surface area contributed by atoms with Crippen molar-refractivity contribution in [1.29, 1.82) is 0 Å². The van der Waals surface area contributed by atoms with Crippen molar-refractivity contribution in [3.05, 3.63) is 23.5 Å². The lowest BCUT2D eigenvalue weighted by Crippen LogP contribution is -2.54. The number of allylic oxidation sites excluding steroid dienone is 2. The fourth-order valence-electron chi connectivity index (χ4n) is 6.90. The summed E-state index contributed by atoms with van der Waals surface area (Å²) in [6.07, 6.45) is 9.88. The molecule has 0 unspecified atom stereocenters. The van der Waals surface area contributed by atoms with Gasteiger partial charge in [-0.3, -0.25) is 4.79 Å². The minimum Gasteiger partial charge on any atom is -0.515 e.